The number of ether oxygens (including phenoxy) is 4. The molecule has 1 aromatic heterocycles. The van der Waals surface area contributed by atoms with Gasteiger partial charge in [0.25, 0.3) is 0 Å². The van der Waals surface area contributed by atoms with E-state index in [0.29, 0.717) is 35.6 Å². The number of para-hydroxylation sites is 1. The van der Waals surface area contributed by atoms with Crippen molar-refractivity contribution in [2.75, 3.05) is 50.8 Å². The average molecular weight is 464 g/mol. The monoisotopic (exact) mass is 463 g/mol. The summed E-state index contributed by atoms with van der Waals surface area (Å²) in [6.45, 7) is 6.04. The van der Waals surface area contributed by atoms with Gasteiger partial charge >= 0.3 is 0 Å². The quantitative estimate of drug-likeness (QED) is 0.476. The van der Waals surface area contributed by atoms with Gasteiger partial charge in [0.15, 0.2) is 23.0 Å². The smallest absolute Gasteiger partial charge is 0.231 e. The molecule has 0 radical (unpaired) electrons. The lowest BCUT2D eigenvalue weighted by Gasteiger charge is -2.17. The van der Waals surface area contributed by atoms with E-state index in [4.69, 9.17) is 18.9 Å². The molecule has 0 amide bonds. The number of nitrogens with one attached hydrogen (secondary N) is 2. The van der Waals surface area contributed by atoms with Crippen molar-refractivity contribution in [1.82, 2.24) is 14.9 Å². The summed E-state index contributed by atoms with van der Waals surface area (Å²) in [6, 6.07) is 11.4. The molecule has 0 aliphatic carbocycles. The van der Waals surface area contributed by atoms with Crippen LogP contribution in [0, 0.1) is 6.92 Å². The number of aryl methyl sites for hydroxylation is 1. The van der Waals surface area contributed by atoms with Crippen molar-refractivity contribution in [3.05, 3.63) is 48.2 Å². The first-order valence-corrected chi connectivity index (χ1v) is 11.5. The average Bonchev–Trinajstić information content (AvgIpc) is 3.54. The van der Waals surface area contributed by atoms with Crippen LogP contribution in [0.5, 0.6) is 23.0 Å². The third-order valence-electron chi connectivity index (χ3n) is 5.90. The maximum absolute atomic E-state index is 5.98. The molecule has 3 heterocycles. The molecule has 2 N–H and O–H groups in total. The van der Waals surface area contributed by atoms with Crippen molar-refractivity contribution in [3.63, 3.8) is 0 Å². The summed E-state index contributed by atoms with van der Waals surface area (Å²) >= 11 is 0. The van der Waals surface area contributed by atoms with Gasteiger partial charge in [-0.15, -0.1) is 0 Å². The molecule has 3 aromatic rings. The largest absolute Gasteiger partial charge is 0.493 e. The normalized spacial score (nSPS) is 14.8. The second kappa shape index (κ2) is 10.0. The van der Waals surface area contributed by atoms with Crippen molar-refractivity contribution in [2.45, 2.75) is 19.8 Å². The lowest BCUT2D eigenvalue weighted by atomic mass is 10.2. The number of anilines is 4. The molecule has 178 valence electrons. The molecule has 9 nitrogen and oxygen atoms in total. The van der Waals surface area contributed by atoms with Crippen LogP contribution in [-0.4, -0.2) is 55.0 Å². The molecule has 2 aliphatic rings. The Balaban J connectivity index is 1.27. The Bertz CT molecular complexity index is 1150. The highest BCUT2D eigenvalue weighted by Gasteiger charge is 2.18. The lowest BCUT2D eigenvalue weighted by Crippen LogP contribution is -2.25. The molecule has 0 spiro atoms. The zero-order valence-corrected chi connectivity index (χ0v) is 19.5. The second-order valence-corrected chi connectivity index (χ2v) is 8.28. The predicted molar refractivity (Wildman–Crippen MR) is 130 cm³/mol. The van der Waals surface area contributed by atoms with Gasteiger partial charge in [0.2, 0.25) is 12.7 Å². The van der Waals surface area contributed by atoms with Crippen molar-refractivity contribution >= 4 is 23.1 Å². The number of benzene rings is 2. The van der Waals surface area contributed by atoms with Crippen molar-refractivity contribution in [1.29, 1.82) is 0 Å². The van der Waals surface area contributed by atoms with Crippen molar-refractivity contribution < 1.29 is 18.9 Å². The van der Waals surface area contributed by atoms with Crippen LogP contribution >= 0.6 is 0 Å². The SMILES string of the molecule is COc1cc(Nc2ncc(C)c(Nc3cccc4c3OCO4)n2)ccc1OCCN1CCCC1. The topological polar surface area (TPSA) is 90.0 Å². The molecule has 1 fully saturated rings. The van der Waals surface area contributed by atoms with Gasteiger partial charge in [0.05, 0.1) is 12.8 Å². The van der Waals surface area contributed by atoms with Crippen LogP contribution < -0.4 is 29.6 Å². The van der Waals surface area contributed by atoms with E-state index in [-0.39, 0.29) is 6.79 Å². The van der Waals surface area contributed by atoms with Crippen molar-refractivity contribution in [3.8, 4) is 23.0 Å². The number of methoxy groups -OCH3 is 1. The van der Waals surface area contributed by atoms with Crippen molar-refractivity contribution in [2.24, 2.45) is 0 Å². The maximum Gasteiger partial charge on any atom is 0.231 e. The number of rotatable bonds is 9. The standard InChI is InChI=1S/C25H29N5O4/c1-17-15-26-25(29-24(17)28-19-6-5-7-21-23(19)34-16-33-21)27-18-8-9-20(22(14-18)31-2)32-13-12-30-10-3-4-11-30/h5-9,14-15H,3-4,10-13,16H2,1-2H3,(H2,26,27,28,29). The van der Waals surface area contributed by atoms with Crippen LogP contribution in [0.25, 0.3) is 0 Å². The summed E-state index contributed by atoms with van der Waals surface area (Å²) in [5, 5.41) is 6.58. The van der Waals surface area contributed by atoms with E-state index in [2.05, 4.69) is 25.5 Å². The predicted octanol–water partition coefficient (Wildman–Crippen LogP) is 4.48. The van der Waals surface area contributed by atoms with E-state index >= 15 is 0 Å². The highest BCUT2D eigenvalue weighted by molar-refractivity contribution is 5.71. The Labute approximate surface area is 199 Å². The first-order valence-electron chi connectivity index (χ1n) is 11.5. The number of nitrogens with zero attached hydrogens (tertiary/aromatic N) is 3. The number of fused-ring (bicyclic) bond motifs is 1. The zero-order valence-electron chi connectivity index (χ0n) is 19.5. The molecule has 9 heteroatoms. The molecule has 2 aliphatic heterocycles. The van der Waals surface area contributed by atoms with Gasteiger partial charge < -0.3 is 29.6 Å². The van der Waals surface area contributed by atoms with Gasteiger partial charge in [-0.1, -0.05) is 6.07 Å². The highest BCUT2D eigenvalue weighted by Crippen LogP contribution is 2.40. The molecule has 0 atom stereocenters. The van der Waals surface area contributed by atoms with Gasteiger partial charge in [-0.05, 0) is 57.1 Å². The highest BCUT2D eigenvalue weighted by atomic mass is 16.7. The van der Waals surface area contributed by atoms with Gasteiger partial charge in [-0.25, -0.2) is 4.98 Å². The fraction of sp³-hybridized carbons (Fsp3) is 0.360. The Hall–Kier alpha value is -3.72. The molecule has 5 rings (SSSR count). The van der Waals surface area contributed by atoms with E-state index in [9.17, 15) is 0 Å². The third-order valence-corrected chi connectivity index (χ3v) is 5.90. The number of likely N-dealkylation sites (tertiary alicyclic amines) is 1. The molecular formula is C25H29N5O4. The maximum atomic E-state index is 5.98. The van der Waals surface area contributed by atoms with Crippen LogP contribution in [0.1, 0.15) is 18.4 Å². The number of hydrogen-bond donors (Lipinski definition) is 2. The second-order valence-electron chi connectivity index (χ2n) is 8.28. The Morgan fingerprint density at radius 2 is 1.94 bits per heavy atom. The summed E-state index contributed by atoms with van der Waals surface area (Å²) in [4.78, 5) is 11.5. The summed E-state index contributed by atoms with van der Waals surface area (Å²) in [7, 11) is 1.64. The zero-order chi connectivity index (χ0) is 23.3. The van der Waals surface area contributed by atoms with E-state index in [1.54, 1.807) is 13.3 Å². The van der Waals surface area contributed by atoms with E-state index in [0.717, 1.165) is 42.3 Å². The van der Waals surface area contributed by atoms with Crippen LogP contribution in [0.15, 0.2) is 42.6 Å². The molecule has 2 aromatic carbocycles. The minimum absolute atomic E-state index is 0.212. The fourth-order valence-corrected chi connectivity index (χ4v) is 4.07. The molecule has 34 heavy (non-hydrogen) atoms. The first-order chi connectivity index (χ1) is 16.7. The number of hydrogen-bond acceptors (Lipinski definition) is 9. The Morgan fingerprint density at radius 3 is 2.79 bits per heavy atom. The summed E-state index contributed by atoms with van der Waals surface area (Å²) in [5.41, 5.74) is 2.50. The van der Waals surface area contributed by atoms with E-state index < -0.39 is 0 Å². The molecule has 1 saturated heterocycles. The minimum atomic E-state index is 0.212. The molecule has 0 saturated carbocycles. The van der Waals surface area contributed by atoms with Gasteiger partial charge in [-0.2, -0.15) is 4.98 Å². The fourth-order valence-electron chi connectivity index (χ4n) is 4.07. The van der Waals surface area contributed by atoms with E-state index in [1.807, 2.05) is 43.3 Å². The minimum Gasteiger partial charge on any atom is -0.493 e. The summed E-state index contributed by atoms with van der Waals surface area (Å²) in [5.74, 6) is 3.91. The van der Waals surface area contributed by atoms with E-state index in [1.165, 1.54) is 12.8 Å². The molecule has 0 unspecified atom stereocenters. The van der Waals surface area contributed by atoms with Gasteiger partial charge in [0.1, 0.15) is 12.4 Å². The Morgan fingerprint density at radius 1 is 1.06 bits per heavy atom. The summed E-state index contributed by atoms with van der Waals surface area (Å²) in [6.07, 6.45) is 4.32. The third kappa shape index (κ3) is 4.94. The molecule has 0 bridgehead atoms. The Kier molecular flexibility index (Phi) is 6.53. The van der Waals surface area contributed by atoms with Crippen LogP contribution in [-0.2, 0) is 0 Å². The van der Waals surface area contributed by atoms with Gasteiger partial charge in [-0.3, -0.25) is 4.90 Å². The van der Waals surface area contributed by atoms with Crippen LogP contribution in [0.3, 0.4) is 0 Å². The molecular weight excluding hydrogens is 434 g/mol. The van der Waals surface area contributed by atoms with Crippen LogP contribution in [0.4, 0.5) is 23.1 Å². The van der Waals surface area contributed by atoms with Gasteiger partial charge in [0, 0.05) is 30.1 Å². The first kappa shape index (κ1) is 22.1. The number of aromatic nitrogens is 2. The van der Waals surface area contributed by atoms with Crippen LogP contribution in [0.2, 0.25) is 0 Å². The summed E-state index contributed by atoms with van der Waals surface area (Å²) < 4.78 is 22.6. The lowest BCUT2D eigenvalue weighted by molar-refractivity contribution is 0.174.